The first-order chi connectivity index (χ1) is 9.24. The average Bonchev–Trinajstić information content (AvgIpc) is 2.48. The Morgan fingerprint density at radius 2 is 1.68 bits per heavy atom. The highest BCUT2D eigenvalue weighted by Crippen LogP contribution is 2.32. The number of methoxy groups -OCH3 is 2. The number of carbonyl (C=O) groups excluding carboxylic acids is 1. The topological polar surface area (TPSA) is 44.8 Å². The molecule has 4 nitrogen and oxygen atoms in total. The Balaban J connectivity index is 2.29. The normalized spacial score (nSPS) is 9.79. The maximum Gasteiger partial charge on any atom is 0.337 e. The number of carbonyl (C=O) groups is 1. The van der Waals surface area contributed by atoms with Gasteiger partial charge in [0.15, 0.2) is 11.5 Å². The van der Waals surface area contributed by atoms with Gasteiger partial charge in [-0.05, 0) is 30.3 Å². The number of rotatable bonds is 4. The second-order valence-electron chi connectivity index (χ2n) is 3.77. The SMILES string of the molecule is COC(=O)c1ccc(Oc2ccccc2)c(OC)c1. The lowest BCUT2D eigenvalue weighted by Gasteiger charge is -2.11. The average molecular weight is 258 g/mol. The molecule has 4 heteroatoms. The van der Waals surface area contributed by atoms with Crippen molar-refractivity contribution in [2.45, 2.75) is 0 Å². The number of para-hydroxylation sites is 1. The molecule has 19 heavy (non-hydrogen) atoms. The zero-order valence-electron chi connectivity index (χ0n) is 10.8. The summed E-state index contributed by atoms with van der Waals surface area (Å²) >= 11 is 0. The van der Waals surface area contributed by atoms with E-state index >= 15 is 0 Å². The van der Waals surface area contributed by atoms with E-state index in [1.54, 1.807) is 18.2 Å². The minimum atomic E-state index is -0.412. The summed E-state index contributed by atoms with van der Waals surface area (Å²) in [6.07, 6.45) is 0. The summed E-state index contributed by atoms with van der Waals surface area (Å²) in [7, 11) is 2.86. The van der Waals surface area contributed by atoms with Crippen LogP contribution in [0.2, 0.25) is 0 Å². The summed E-state index contributed by atoms with van der Waals surface area (Å²) in [4.78, 5) is 11.4. The van der Waals surface area contributed by atoms with Crippen molar-refractivity contribution in [3.8, 4) is 17.2 Å². The Labute approximate surface area is 111 Å². The van der Waals surface area contributed by atoms with E-state index in [-0.39, 0.29) is 0 Å². The fourth-order valence-corrected chi connectivity index (χ4v) is 1.61. The molecule has 2 aromatic carbocycles. The molecule has 0 aromatic heterocycles. The second kappa shape index (κ2) is 5.91. The first-order valence-electron chi connectivity index (χ1n) is 5.74. The molecule has 0 atom stereocenters. The zero-order chi connectivity index (χ0) is 13.7. The standard InChI is InChI=1S/C15H14O4/c1-17-14-10-11(15(16)18-2)8-9-13(14)19-12-6-4-3-5-7-12/h3-10H,1-2H3. The van der Waals surface area contributed by atoms with Crippen molar-refractivity contribution in [2.24, 2.45) is 0 Å². The van der Waals surface area contributed by atoms with E-state index in [1.807, 2.05) is 30.3 Å². The van der Waals surface area contributed by atoms with Gasteiger partial charge in [0.2, 0.25) is 0 Å². The van der Waals surface area contributed by atoms with Gasteiger partial charge >= 0.3 is 5.97 Å². The Morgan fingerprint density at radius 3 is 2.32 bits per heavy atom. The van der Waals surface area contributed by atoms with Crippen molar-refractivity contribution < 1.29 is 19.0 Å². The minimum Gasteiger partial charge on any atom is -0.493 e. The highest BCUT2D eigenvalue weighted by molar-refractivity contribution is 5.90. The number of ether oxygens (including phenoxy) is 3. The number of esters is 1. The van der Waals surface area contributed by atoms with E-state index in [2.05, 4.69) is 4.74 Å². The molecule has 0 amide bonds. The minimum absolute atomic E-state index is 0.412. The quantitative estimate of drug-likeness (QED) is 0.789. The maximum atomic E-state index is 11.4. The molecule has 0 radical (unpaired) electrons. The van der Waals surface area contributed by atoms with Crippen LogP contribution in [0.3, 0.4) is 0 Å². The molecule has 0 N–H and O–H groups in total. The maximum absolute atomic E-state index is 11.4. The molecule has 2 aromatic rings. The van der Waals surface area contributed by atoms with Crippen LogP contribution in [0, 0.1) is 0 Å². The van der Waals surface area contributed by atoms with Crippen LogP contribution in [-0.4, -0.2) is 20.2 Å². The van der Waals surface area contributed by atoms with Crippen LogP contribution in [0.5, 0.6) is 17.2 Å². The van der Waals surface area contributed by atoms with Crippen molar-refractivity contribution in [1.82, 2.24) is 0 Å². The van der Waals surface area contributed by atoms with Crippen LogP contribution in [0.4, 0.5) is 0 Å². The third kappa shape index (κ3) is 3.04. The van der Waals surface area contributed by atoms with Gasteiger partial charge in [-0.3, -0.25) is 0 Å². The van der Waals surface area contributed by atoms with E-state index in [0.29, 0.717) is 22.8 Å². The summed E-state index contributed by atoms with van der Waals surface area (Å²) in [5, 5.41) is 0. The zero-order valence-corrected chi connectivity index (χ0v) is 10.8. The lowest BCUT2D eigenvalue weighted by Crippen LogP contribution is -2.02. The molecule has 0 unspecified atom stereocenters. The van der Waals surface area contributed by atoms with Crippen molar-refractivity contribution in [3.05, 3.63) is 54.1 Å². The lowest BCUT2D eigenvalue weighted by molar-refractivity contribution is 0.0600. The largest absolute Gasteiger partial charge is 0.493 e. The summed E-state index contributed by atoms with van der Waals surface area (Å²) in [6.45, 7) is 0. The molecular weight excluding hydrogens is 244 g/mol. The second-order valence-corrected chi connectivity index (χ2v) is 3.77. The highest BCUT2D eigenvalue weighted by Gasteiger charge is 2.11. The summed E-state index contributed by atoms with van der Waals surface area (Å²) in [6, 6.07) is 14.2. The number of hydrogen-bond acceptors (Lipinski definition) is 4. The predicted octanol–water partition coefficient (Wildman–Crippen LogP) is 3.27. The number of hydrogen-bond donors (Lipinski definition) is 0. The molecule has 0 saturated carbocycles. The fourth-order valence-electron chi connectivity index (χ4n) is 1.61. The van der Waals surface area contributed by atoms with Crippen molar-refractivity contribution >= 4 is 5.97 Å². The van der Waals surface area contributed by atoms with Gasteiger partial charge in [-0.25, -0.2) is 4.79 Å². The van der Waals surface area contributed by atoms with Crippen LogP contribution < -0.4 is 9.47 Å². The monoisotopic (exact) mass is 258 g/mol. The molecule has 0 aliphatic heterocycles. The van der Waals surface area contributed by atoms with Crippen LogP contribution >= 0.6 is 0 Å². The van der Waals surface area contributed by atoms with Crippen LogP contribution in [-0.2, 0) is 4.74 Å². The van der Waals surface area contributed by atoms with Gasteiger partial charge in [0, 0.05) is 0 Å². The van der Waals surface area contributed by atoms with E-state index in [9.17, 15) is 4.79 Å². The van der Waals surface area contributed by atoms with Crippen LogP contribution in [0.1, 0.15) is 10.4 Å². The smallest absolute Gasteiger partial charge is 0.337 e. The van der Waals surface area contributed by atoms with Gasteiger partial charge in [-0.2, -0.15) is 0 Å². The first kappa shape index (κ1) is 13.0. The van der Waals surface area contributed by atoms with Crippen molar-refractivity contribution in [3.63, 3.8) is 0 Å². The third-order valence-electron chi connectivity index (χ3n) is 2.56. The molecule has 0 aliphatic carbocycles. The Kier molecular flexibility index (Phi) is 4.03. The van der Waals surface area contributed by atoms with Crippen molar-refractivity contribution in [1.29, 1.82) is 0 Å². The van der Waals surface area contributed by atoms with E-state index in [1.165, 1.54) is 14.2 Å². The van der Waals surface area contributed by atoms with Gasteiger partial charge in [-0.15, -0.1) is 0 Å². The third-order valence-corrected chi connectivity index (χ3v) is 2.56. The lowest BCUT2D eigenvalue weighted by atomic mass is 10.2. The van der Waals surface area contributed by atoms with Gasteiger partial charge in [0.05, 0.1) is 19.8 Å². The molecule has 0 saturated heterocycles. The molecule has 98 valence electrons. The molecule has 0 fully saturated rings. The van der Waals surface area contributed by atoms with Gasteiger partial charge in [-0.1, -0.05) is 18.2 Å². The molecule has 0 heterocycles. The highest BCUT2D eigenvalue weighted by atomic mass is 16.5. The number of benzene rings is 2. The Bertz CT molecular complexity index is 564. The Morgan fingerprint density at radius 1 is 0.947 bits per heavy atom. The van der Waals surface area contributed by atoms with Crippen LogP contribution in [0.15, 0.2) is 48.5 Å². The molecule has 0 aliphatic rings. The van der Waals surface area contributed by atoms with E-state index in [4.69, 9.17) is 9.47 Å². The van der Waals surface area contributed by atoms with E-state index < -0.39 is 5.97 Å². The molecular formula is C15H14O4. The fraction of sp³-hybridized carbons (Fsp3) is 0.133. The van der Waals surface area contributed by atoms with E-state index in [0.717, 1.165) is 0 Å². The summed E-state index contributed by atoms with van der Waals surface area (Å²) in [5.74, 6) is 1.31. The predicted molar refractivity (Wildman–Crippen MR) is 70.8 cm³/mol. The summed E-state index contributed by atoms with van der Waals surface area (Å²) in [5.41, 5.74) is 0.416. The van der Waals surface area contributed by atoms with Gasteiger partial charge in [0.1, 0.15) is 5.75 Å². The Hall–Kier alpha value is -2.49. The van der Waals surface area contributed by atoms with Crippen molar-refractivity contribution in [2.75, 3.05) is 14.2 Å². The molecule has 0 bridgehead atoms. The van der Waals surface area contributed by atoms with Gasteiger partial charge in [0.25, 0.3) is 0 Å². The molecule has 0 spiro atoms. The summed E-state index contributed by atoms with van der Waals surface area (Å²) < 4.78 is 15.6. The van der Waals surface area contributed by atoms with Crippen LogP contribution in [0.25, 0.3) is 0 Å². The van der Waals surface area contributed by atoms with Gasteiger partial charge < -0.3 is 14.2 Å². The molecule has 2 rings (SSSR count). The first-order valence-corrected chi connectivity index (χ1v) is 5.74.